The minimum Gasteiger partial charge on any atom is -0.393 e. The van der Waals surface area contributed by atoms with Crippen LogP contribution in [0.3, 0.4) is 0 Å². The fourth-order valence-electron chi connectivity index (χ4n) is 6.56. The maximum Gasteiger partial charge on any atom is 0.0811 e. The molecular formula is C26H42O4. The van der Waals surface area contributed by atoms with E-state index in [1.54, 1.807) is 0 Å². The number of aliphatic hydroxyl groups excluding tert-OH is 3. The highest BCUT2D eigenvalue weighted by Crippen LogP contribution is 2.60. The van der Waals surface area contributed by atoms with Gasteiger partial charge >= 0.3 is 0 Å². The van der Waals surface area contributed by atoms with E-state index in [0.29, 0.717) is 31.6 Å². The minimum atomic E-state index is -0.758. The van der Waals surface area contributed by atoms with Gasteiger partial charge in [-0.3, -0.25) is 0 Å². The number of aliphatic hydroxyl groups is 4. The number of hydrogen-bond acceptors (Lipinski definition) is 4. The van der Waals surface area contributed by atoms with Crippen molar-refractivity contribution in [1.82, 2.24) is 0 Å². The van der Waals surface area contributed by atoms with E-state index in [9.17, 15) is 20.4 Å². The van der Waals surface area contributed by atoms with Crippen molar-refractivity contribution in [2.75, 3.05) is 0 Å². The first-order chi connectivity index (χ1) is 14.1. The average Bonchev–Trinajstić information content (AvgIpc) is 3.06. The molecule has 0 aliphatic heterocycles. The molecule has 4 N–H and O–H groups in total. The van der Waals surface area contributed by atoms with Gasteiger partial charge in [0.1, 0.15) is 0 Å². The summed E-state index contributed by atoms with van der Waals surface area (Å²) in [4.78, 5) is 0. The van der Waals surface area contributed by atoms with E-state index in [1.807, 2.05) is 13.8 Å². The molecule has 0 radical (unpaired) electrons. The first kappa shape index (κ1) is 23.7. The molecule has 170 valence electrons. The van der Waals surface area contributed by atoms with Crippen molar-refractivity contribution in [3.63, 3.8) is 0 Å². The Kier molecular flexibility index (Phi) is 7.33. The number of hydrogen-bond donors (Lipinski definition) is 4. The monoisotopic (exact) mass is 418 g/mol. The first-order valence-corrected chi connectivity index (χ1v) is 11.9. The Bertz CT molecular complexity index is 691. The average molecular weight is 419 g/mol. The molecule has 7 atom stereocenters. The molecule has 0 spiro atoms. The maximum absolute atomic E-state index is 11.4. The van der Waals surface area contributed by atoms with Crippen LogP contribution in [0.15, 0.2) is 35.5 Å². The molecule has 0 bridgehead atoms. The summed E-state index contributed by atoms with van der Waals surface area (Å²) < 4.78 is 0. The molecule has 0 saturated heterocycles. The van der Waals surface area contributed by atoms with Gasteiger partial charge in [0, 0.05) is 6.42 Å². The summed E-state index contributed by atoms with van der Waals surface area (Å²) in [5, 5.41) is 41.5. The molecule has 4 nitrogen and oxygen atoms in total. The highest BCUT2D eigenvalue weighted by molar-refractivity contribution is 5.38. The second-order valence-corrected chi connectivity index (χ2v) is 10.6. The molecule has 0 aromatic rings. The van der Waals surface area contributed by atoms with E-state index in [4.69, 9.17) is 0 Å². The standard InChI is InChI=1S/C26H42O4/c1-5-20(27)12-14-26(4,30)24-11-10-22-18(7-6-13-25(22,24)3)8-9-19-15-21(28)16-23(29)17(19)2/h8-9,20-24,27-30H,2,5-7,10-16H2,1,3-4H3/b18-8-,19-9-/t20-,21-,22?,23+,24?,25+,26-/m1/s1. The smallest absolute Gasteiger partial charge is 0.0811 e. The Morgan fingerprint density at radius 3 is 2.70 bits per heavy atom. The van der Waals surface area contributed by atoms with Crippen molar-refractivity contribution in [3.05, 3.63) is 35.5 Å². The lowest BCUT2D eigenvalue weighted by molar-refractivity contribution is -0.0706. The van der Waals surface area contributed by atoms with E-state index < -0.39 is 17.8 Å². The second kappa shape index (κ2) is 9.28. The molecule has 3 aliphatic rings. The quantitative estimate of drug-likeness (QED) is 0.514. The Morgan fingerprint density at radius 1 is 1.27 bits per heavy atom. The van der Waals surface area contributed by atoms with Gasteiger partial charge in [-0.25, -0.2) is 0 Å². The number of allylic oxidation sites excluding steroid dienone is 3. The van der Waals surface area contributed by atoms with Crippen molar-refractivity contribution in [3.8, 4) is 0 Å². The second-order valence-electron chi connectivity index (χ2n) is 10.6. The predicted molar refractivity (Wildman–Crippen MR) is 121 cm³/mol. The third-order valence-electron chi connectivity index (χ3n) is 8.43. The van der Waals surface area contributed by atoms with E-state index in [-0.39, 0.29) is 17.4 Å². The topological polar surface area (TPSA) is 80.9 Å². The fraction of sp³-hybridized carbons (Fsp3) is 0.769. The third kappa shape index (κ3) is 4.77. The Balaban J connectivity index is 1.78. The van der Waals surface area contributed by atoms with Crippen molar-refractivity contribution in [1.29, 1.82) is 0 Å². The molecule has 3 fully saturated rings. The zero-order chi connectivity index (χ0) is 22.1. The van der Waals surface area contributed by atoms with Crippen LogP contribution in [0.4, 0.5) is 0 Å². The minimum absolute atomic E-state index is 0.0753. The summed E-state index contributed by atoms with van der Waals surface area (Å²) in [5.74, 6) is 0.700. The van der Waals surface area contributed by atoms with E-state index in [2.05, 4.69) is 25.7 Å². The highest BCUT2D eigenvalue weighted by atomic mass is 16.3. The Hall–Kier alpha value is -0.940. The molecule has 3 rings (SSSR count). The van der Waals surface area contributed by atoms with Gasteiger partial charge < -0.3 is 20.4 Å². The van der Waals surface area contributed by atoms with E-state index >= 15 is 0 Å². The van der Waals surface area contributed by atoms with Gasteiger partial charge in [0.05, 0.1) is 23.9 Å². The number of rotatable bonds is 6. The summed E-state index contributed by atoms with van der Waals surface area (Å²) in [6.45, 7) is 10.3. The largest absolute Gasteiger partial charge is 0.393 e. The van der Waals surface area contributed by atoms with Crippen LogP contribution in [-0.4, -0.2) is 44.3 Å². The van der Waals surface area contributed by atoms with Crippen LogP contribution in [0, 0.1) is 17.3 Å². The molecule has 4 heteroatoms. The van der Waals surface area contributed by atoms with Gasteiger partial charge in [0.15, 0.2) is 0 Å². The van der Waals surface area contributed by atoms with Crippen LogP contribution in [0.25, 0.3) is 0 Å². The number of fused-ring (bicyclic) bond motifs is 1. The van der Waals surface area contributed by atoms with Gasteiger partial charge in [0.25, 0.3) is 0 Å². The van der Waals surface area contributed by atoms with Gasteiger partial charge in [0.2, 0.25) is 0 Å². The molecular weight excluding hydrogens is 376 g/mol. The fourth-order valence-corrected chi connectivity index (χ4v) is 6.56. The lowest BCUT2D eigenvalue weighted by atomic mass is 9.59. The first-order valence-electron chi connectivity index (χ1n) is 11.9. The van der Waals surface area contributed by atoms with Gasteiger partial charge in [-0.2, -0.15) is 0 Å². The van der Waals surface area contributed by atoms with Crippen LogP contribution in [-0.2, 0) is 0 Å². The zero-order valence-electron chi connectivity index (χ0n) is 19.1. The molecule has 2 unspecified atom stereocenters. The van der Waals surface area contributed by atoms with E-state index in [0.717, 1.165) is 49.7 Å². The SMILES string of the molecule is C=C1/C(=C\C=C2\CCC[C@@]3(C)C2CCC3[C@](C)(O)CC[C@H](O)CC)C[C@@H](O)C[C@@H]1O. The molecule has 3 aliphatic carbocycles. The summed E-state index contributed by atoms with van der Waals surface area (Å²) >= 11 is 0. The van der Waals surface area contributed by atoms with Crippen LogP contribution in [0.2, 0.25) is 0 Å². The summed E-state index contributed by atoms with van der Waals surface area (Å²) in [6, 6.07) is 0. The van der Waals surface area contributed by atoms with Crippen molar-refractivity contribution in [2.24, 2.45) is 17.3 Å². The highest BCUT2D eigenvalue weighted by Gasteiger charge is 2.54. The summed E-state index contributed by atoms with van der Waals surface area (Å²) in [5.41, 5.74) is 2.44. The van der Waals surface area contributed by atoms with Crippen LogP contribution < -0.4 is 0 Å². The summed E-state index contributed by atoms with van der Waals surface area (Å²) in [7, 11) is 0. The lowest BCUT2D eigenvalue weighted by Crippen LogP contribution is -2.45. The van der Waals surface area contributed by atoms with Gasteiger partial charge in [-0.1, -0.05) is 38.2 Å². The summed E-state index contributed by atoms with van der Waals surface area (Å²) in [6.07, 6.45) is 11.2. The molecule has 0 heterocycles. The molecule has 0 aromatic heterocycles. The molecule has 3 saturated carbocycles. The molecule has 0 aromatic carbocycles. The van der Waals surface area contributed by atoms with Gasteiger partial charge in [-0.15, -0.1) is 0 Å². The molecule has 0 amide bonds. The van der Waals surface area contributed by atoms with Gasteiger partial charge in [-0.05, 0) is 93.1 Å². The maximum atomic E-state index is 11.4. The van der Waals surface area contributed by atoms with Crippen molar-refractivity contribution < 1.29 is 20.4 Å². The van der Waals surface area contributed by atoms with Crippen LogP contribution in [0.5, 0.6) is 0 Å². The van der Waals surface area contributed by atoms with Crippen LogP contribution in [0.1, 0.15) is 85.0 Å². The normalized spacial score (nSPS) is 40.4. The Labute approximate surface area is 182 Å². The van der Waals surface area contributed by atoms with E-state index in [1.165, 1.54) is 5.57 Å². The van der Waals surface area contributed by atoms with Crippen molar-refractivity contribution >= 4 is 0 Å². The lowest BCUT2D eigenvalue weighted by Gasteiger charge is -2.47. The predicted octanol–water partition coefficient (Wildman–Crippen LogP) is 4.43. The zero-order valence-corrected chi connectivity index (χ0v) is 19.1. The Morgan fingerprint density at radius 2 is 2.00 bits per heavy atom. The van der Waals surface area contributed by atoms with Crippen LogP contribution >= 0.6 is 0 Å². The van der Waals surface area contributed by atoms with Crippen molar-refractivity contribution in [2.45, 2.75) is 109 Å². The third-order valence-corrected chi connectivity index (χ3v) is 8.43. The molecule has 30 heavy (non-hydrogen) atoms.